The van der Waals surface area contributed by atoms with E-state index in [1.165, 1.54) is 13.8 Å². The predicted molar refractivity (Wildman–Crippen MR) is 71.1 cm³/mol. The Morgan fingerprint density at radius 1 is 0.944 bits per heavy atom. The maximum absolute atomic E-state index is 11.5. The van der Waals surface area contributed by atoms with E-state index in [0.29, 0.717) is 17.6 Å². The second-order valence-corrected chi connectivity index (χ2v) is 4.34. The van der Waals surface area contributed by atoms with Gasteiger partial charge in [0, 0.05) is 35.7 Å². The molecule has 1 aromatic rings. The van der Waals surface area contributed by atoms with Gasteiger partial charge in [-0.2, -0.15) is 0 Å². The predicted octanol–water partition coefficient (Wildman–Crippen LogP) is 2.84. The lowest BCUT2D eigenvalue weighted by Gasteiger charge is -2.23. The average Bonchev–Trinajstić information content (AvgIpc) is 2.39. The van der Waals surface area contributed by atoms with Crippen LogP contribution in [0.5, 0.6) is 0 Å². The molecule has 92 valence electrons. The van der Waals surface area contributed by atoms with E-state index in [-0.39, 0.29) is 11.6 Å². The lowest BCUT2D eigenvalue weighted by Crippen LogP contribution is -2.19. The smallest absolute Gasteiger partial charge is 0.157 e. The maximum atomic E-state index is 11.5. The molecule has 0 spiro atoms. The molecule has 0 aromatic heterocycles. The fourth-order valence-corrected chi connectivity index (χ4v) is 1.85. The first-order valence-electron chi connectivity index (χ1n) is 5.84. The molecular weight excluding hydrogens is 226 g/mol. The lowest BCUT2D eigenvalue weighted by atomic mass is 9.98. The van der Waals surface area contributed by atoms with Gasteiger partial charge >= 0.3 is 0 Å². The van der Waals surface area contributed by atoms with Gasteiger partial charge in [0.25, 0.3) is 0 Å². The van der Waals surface area contributed by atoms with E-state index in [9.17, 15) is 9.59 Å². The van der Waals surface area contributed by atoms with Gasteiger partial charge in [-0.1, -0.05) is 18.2 Å². The number of benzene rings is 1. The standard InChI is InChI=1S/C15H15NO2/c1-11(17)13-8-14(12(2)18)10-16(9-13)15-6-4-3-5-7-15/h3-7,9-10H,8H2,1-2H3. The van der Waals surface area contributed by atoms with E-state index in [0.717, 1.165) is 5.69 Å². The number of para-hydroxylation sites is 1. The molecule has 18 heavy (non-hydrogen) atoms. The molecule has 1 aliphatic heterocycles. The molecule has 1 heterocycles. The van der Waals surface area contributed by atoms with Crippen molar-refractivity contribution in [2.24, 2.45) is 0 Å². The van der Waals surface area contributed by atoms with Crippen LogP contribution in [0.3, 0.4) is 0 Å². The minimum atomic E-state index is 0.00258. The van der Waals surface area contributed by atoms with Gasteiger partial charge in [-0.25, -0.2) is 0 Å². The third-order valence-corrected chi connectivity index (χ3v) is 2.93. The van der Waals surface area contributed by atoms with Crippen molar-refractivity contribution in [1.82, 2.24) is 0 Å². The van der Waals surface area contributed by atoms with Crippen LogP contribution in [0.25, 0.3) is 0 Å². The highest BCUT2D eigenvalue weighted by Crippen LogP contribution is 2.25. The number of hydrogen-bond donors (Lipinski definition) is 0. The van der Waals surface area contributed by atoms with Crippen LogP contribution in [0.1, 0.15) is 20.3 Å². The van der Waals surface area contributed by atoms with Crippen LogP contribution in [0, 0.1) is 0 Å². The van der Waals surface area contributed by atoms with E-state index in [1.54, 1.807) is 12.4 Å². The van der Waals surface area contributed by atoms with Crippen LogP contribution in [-0.4, -0.2) is 11.6 Å². The number of ketones is 2. The third kappa shape index (κ3) is 2.56. The van der Waals surface area contributed by atoms with Gasteiger partial charge in [0.05, 0.1) is 0 Å². The second kappa shape index (κ2) is 5.00. The number of rotatable bonds is 3. The number of anilines is 1. The van der Waals surface area contributed by atoms with Crippen molar-refractivity contribution in [1.29, 1.82) is 0 Å². The molecule has 3 nitrogen and oxygen atoms in total. The number of carbonyl (C=O) groups is 2. The Kier molecular flexibility index (Phi) is 3.42. The van der Waals surface area contributed by atoms with Gasteiger partial charge in [-0.05, 0) is 26.0 Å². The highest BCUT2D eigenvalue weighted by atomic mass is 16.1. The monoisotopic (exact) mass is 241 g/mol. The Hall–Kier alpha value is -2.16. The number of hydrogen-bond acceptors (Lipinski definition) is 3. The Bertz CT molecular complexity index is 511. The summed E-state index contributed by atoms with van der Waals surface area (Å²) >= 11 is 0. The first-order chi connectivity index (χ1) is 8.58. The van der Waals surface area contributed by atoms with Crippen molar-refractivity contribution in [2.45, 2.75) is 20.3 Å². The minimum Gasteiger partial charge on any atom is -0.323 e. The molecule has 0 saturated heterocycles. The van der Waals surface area contributed by atoms with Crippen LogP contribution in [-0.2, 0) is 9.59 Å². The summed E-state index contributed by atoms with van der Waals surface area (Å²) in [4.78, 5) is 24.9. The van der Waals surface area contributed by atoms with Crippen molar-refractivity contribution in [3.63, 3.8) is 0 Å². The van der Waals surface area contributed by atoms with Crippen LogP contribution in [0.15, 0.2) is 53.9 Å². The van der Waals surface area contributed by atoms with Gasteiger partial charge in [-0.3, -0.25) is 9.59 Å². The average molecular weight is 241 g/mol. The third-order valence-electron chi connectivity index (χ3n) is 2.93. The zero-order valence-electron chi connectivity index (χ0n) is 10.5. The summed E-state index contributed by atoms with van der Waals surface area (Å²) < 4.78 is 0. The summed E-state index contributed by atoms with van der Waals surface area (Å²) in [5, 5.41) is 0. The molecule has 0 radical (unpaired) electrons. The Morgan fingerprint density at radius 3 is 1.89 bits per heavy atom. The van der Waals surface area contributed by atoms with Gasteiger partial charge in [0.2, 0.25) is 0 Å². The molecule has 0 bridgehead atoms. The van der Waals surface area contributed by atoms with Gasteiger partial charge < -0.3 is 4.90 Å². The zero-order valence-corrected chi connectivity index (χ0v) is 10.5. The molecule has 1 aromatic carbocycles. The summed E-state index contributed by atoms with van der Waals surface area (Å²) in [6.45, 7) is 3.05. The van der Waals surface area contributed by atoms with Gasteiger partial charge in [0.15, 0.2) is 11.6 Å². The molecule has 0 aliphatic carbocycles. The van der Waals surface area contributed by atoms with Crippen molar-refractivity contribution >= 4 is 17.3 Å². The van der Waals surface area contributed by atoms with E-state index in [1.807, 2.05) is 35.2 Å². The normalized spacial score (nSPS) is 14.9. The molecular formula is C15H15NO2. The number of carbonyl (C=O) groups excluding carboxylic acids is 2. The van der Waals surface area contributed by atoms with Crippen molar-refractivity contribution < 1.29 is 9.59 Å². The maximum Gasteiger partial charge on any atom is 0.157 e. The number of nitrogens with zero attached hydrogens (tertiary/aromatic N) is 1. The Morgan fingerprint density at radius 2 is 1.44 bits per heavy atom. The van der Waals surface area contributed by atoms with Crippen LogP contribution in [0.2, 0.25) is 0 Å². The fourth-order valence-electron chi connectivity index (χ4n) is 1.85. The SMILES string of the molecule is CC(=O)C1=CN(c2ccccc2)C=C(C(C)=O)C1. The Labute approximate surface area is 106 Å². The highest BCUT2D eigenvalue weighted by Gasteiger charge is 2.18. The van der Waals surface area contributed by atoms with Crippen molar-refractivity contribution in [3.05, 3.63) is 53.9 Å². The molecule has 1 aliphatic rings. The Balaban J connectivity index is 2.40. The summed E-state index contributed by atoms with van der Waals surface area (Å²) in [5.74, 6) is 0.00515. The zero-order chi connectivity index (χ0) is 13.1. The number of Topliss-reactive ketones (excluding diaryl/α,β-unsaturated/α-hetero) is 2. The highest BCUT2D eigenvalue weighted by molar-refractivity contribution is 6.00. The summed E-state index contributed by atoms with van der Waals surface area (Å²) in [5.41, 5.74) is 2.26. The summed E-state index contributed by atoms with van der Waals surface area (Å²) in [7, 11) is 0. The van der Waals surface area contributed by atoms with Crippen LogP contribution < -0.4 is 4.90 Å². The second-order valence-electron chi connectivity index (χ2n) is 4.34. The first-order valence-corrected chi connectivity index (χ1v) is 5.84. The first kappa shape index (κ1) is 12.3. The van der Waals surface area contributed by atoms with Crippen molar-refractivity contribution in [2.75, 3.05) is 4.90 Å². The molecule has 0 fully saturated rings. The van der Waals surface area contributed by atoms with Crippen LogP contribution >= 0.6 is 0 Å². The topological polar surface area (TPSA) is 37.4 Å². The fraction of sp³-hybridized carbons (Fsp3) is 0.200. The van der Waals surface area contributed by atoms with E-state index >= 15 is 0 Å². The van der Waals surface area contributed by atoms with Crippen molar-refractivity contribution in [3.8, 4) is 0 Å². The molecule has 3 heteroatoms. The molecule has 0 amide bonds. The molecule has 2 rings (SSSR count). The van der Waals surface area contributed by atoms with E-state index < -0.39 is 0 Å². The molecule has 0 unspecified atom stereocenters. The number of allylic oxidation sites excluding steroid dienone is 2. The quantitative estimate of drug-likeness (QED) is 0.816. The minimum absolute atomic E-state index is 0.00258. The summed E-state index contributed by atoms with van der Waals surface area (Å²) in [6.07, 6.45) is 4.02. The van der Waals surface area contributed by atoms with Crippen LogP contribution in [0.4, 0.5) is 5.69 Å². The lowest BCUT2D eigenvalue weighted by molar-refractivity contribution is -0.113. The molecule has 0 N–H and O–H groups in total. The van der Waals surface area contributed by atoms with Gasteiger partial charge in [-0.15, -0.1) is 0 Å². The van der Waals surface area contributed by atoms with E-state index in [2.05, 4.69) is 0 Å². The molecule has 0 atom stereocenters. The largest absolute Gasteiger partial charge is 0.323 e. The van der Waals surface area contributed by atoms with Gasteiger partial charge in [0.1, 0.15) is 0 Å². The molecule has 0 saturated carbocycles. The summed E-state index contributed by atoms with van der Waals surface area (Å²) in [6, 6.07) is 9.65. The van der Waals surface area contributed by atoms with E-state index in [4.69, 9.17) is 0 Å².